The predicted molar refractivity (Wildman–Crippen MR) is 78.1 cm³/mol. The standard InChI is InChI=1S/C15H27N3O/c1-15(8-10-16-12-15)18-11-14(19)17-9-7-13-5-3-2-4-6-13/h5,16,18H,2-4,6-12H2,1H3,(H,17,19). The third-order valence-electron chi connectivity index (χ3n) is 4.20. The van der Waals surface area contributed by atoms with E-state index in [1.807, 2.05) is 0 Å². The van der Waals surface area contributed by atoms with Crippen LogP contribution in [0.3, 0.4) is 0 Å². The summed E-state index contributed by atoms with van der Waals surface area (Å²) in [6.07, 6.45) is 9.53. The molecule has 1 saturated heterocycles. The molecule has 0 radical (unpaired) electrons. The molecular formula is C15H27N3O. The fourth-order valence-corrected chi connectivity index (χ4v) is 2.82. The van der Waals surface area contributed by atoms with Crippen LogP contribution in [0.4, 0.5) is 0 Å². The first-order valence-corrected chi connectivity index (χ1v) is 7.58. The van der Waals surface area contributed by atoms with Gasteiger partial charge in [0.2, 0.25) is 5.91 Å². The number of hydrogen-bond donors (Lipinski definition) is 3. The van der Waals surface area contributed by atoms with Crippen LogP contribution >= 0.6 is 0 Å². The summed E-state index contributed by atoms with van der Waals surface area (Å²) in [4.78, 5) is 11.8. The molecule has 0 saturated carbocycles. The zero-order chi connectivity index (χ0) is 13.6. The van der Waals surface area contributed by atoms with E-state index in [1.165, 1.54) is 31.3 Å². The van der Waals surface area contributed by atoms with Crippen LogP contribution < -0.4 is 16.0 Å². The molecule has 3 N–H and O–H groups in total. The van der Waals surface area contributed by atoms with Crippen LogP contribution in [0.1, 0.15) is 45.4 Å². The SMILES string of the molecule is CC1(NCC(=O)NCCC2=CCCCC2)CCNC1. The lowest BCUT2D eigenvalue weighted by Gasteiger charge is -2.24. The van der Waals surface area contributed by atoms with Gasteiger partial charge >= 0.3 is 0 Å². The van der Waals surface area contributed by atoms with E-state index in [4.69, 9.17) is 0 Å². The molecule has 0 aromatic carbocycles. The van der Waals surface area contributed by atoms with Gasteiger partial charge in [-0.1, -0.05) is 11.6 Å². The number of carbonyl (C=O) groups excluding carboxylic acids is 1. The summed E-state index contributed by atoms with van der Waals surface area (Å²) in [6, 6.07) is 0. The molecule has 1 amide bonds. The zero-order valence-corrected chi connectivity index (χ0v) is 12.1. The maximum Gasteiger partial charge on any atom is 0.233 e. The molecule has 4 heteroatoms. The van der Waals surface area contributed by atoms with Gasteiger partial charge in [-0.15, -0.1) is 0 Å². The third kappa shape index (κ3) is 4.96. The molecule has 0 bridgehead atoms. The van der Waals surface area contributed by atoms with Crippen LogP contribution in [-0.4, -0.2) is 37.6 Å². The second kappa shape index (κ2) is 7.06. The summed E-state index contributed by atoms with van der Waals surface area (Å²) in [5.41, 5.74) is 1.61. The third-order valence-corrected chi connectivity index (χ3v) is 4.20. The number of allylic oxidation sites excluding steroid dienone is 1. The van der Waals surface area contributed by atoms with Gasteiger partial charge in [-0.2, -0.15) is 0 Å². The molecule has 1 unspecified atom stereocenters. The Kier molecular flexibility index (Phi) is 5.40. The first-order chi connectivity index (χ1) is 9.18. The van der Waals surface area contributed by atoms with E-state index in [9.17, 15) is 4.79 Å². The van der Waals surface area contributed by atoms with Crippen molar-refractivity contribution in [3.05, 3.63) is 11.6 Å². The van der Waals surface area contributed by atoms with Crippen LogP contribution in [0.15, 0.2) is 11.6 Å². The van der Waals surface area contributed by atoms with E-state index < -0.39 is 0 Å². The lowest BCUT2D eigenvalue weighted by atomic mass is 9.97. The molecule has 0 spiro atoms. The minimum absolute atomic E-state index is 0.0865. The summed E-state index contributed by atoms with van der Waals surface area (Å²) in [6.45, 7) is 5.37. The Morgan fingerprint density at radius 3 is 3.05 bits per heavy atom. The van der Waals surface area contributed by atoms with Crippen molar-refractivity contribution < 1.29 is 4.79 Å². The minimum Gasteiger partial charge on any atom is -0.355 e. The van der Waals surface area contributed by atoms with E-state index >= 15 is 0 Å². The highest BCUT2D eigenvalue weighted by molar-refractivity contribution is 5.78. The van der Waals surface area contributed by atoms with Crippen LogP contribution in [0.25, 0.3) is 0 Å². The Labute approximate surface area is 116 Å². The number of nitrogens with one attached hydrogen (secondary N) is 3. The summed E-state index contributed by atoms with van der Waals surface area (Å²) in [5, 5.41) is 9.69. The largest absolute Gasteiger partial charge is 0.355 e. The fraction of sp³-hybridized carbons (Fsp3) is 0.800. The van der Waals surface area contributed by atoms with Gasteiger partial charge < -0.3 is 16.0 Å². The van der Waals surface area contributed by atoms with E-state index in [0.717, 1.165) is 32.5 Å². The summed E-state index contributed by atoms with van der Waals surface area (Å²) < 4.78 is 0. The molecule has 1 heterocycles. The normalized spacial score (nSPS) is 27.1. The molecule has 1 fully saturated rings. The van der Waals surface area contributed by atoms with Gasteiger partial charge in [0, 0.05) is 18.6 Å². The van der Waals surface area contributed by atoms with Crippen molar-refractivity contribution in [3.8, 4) is 0 Å². The smallest absolute Gasteiger partial charge is 0.233 e. The van der Waals surface area contributed by atoms with Gasteiger partial charge in [-0.25, -0.2) is 0 Å². The van der Waals surface area contributed by atoms with Gasteiger partial charge in [-0.05, 0) is 52.0 Å². The summed E-state index contributed by atoms with van der Waals surface area (Å²) >= 11 is 0. The number of hydrogen-bond acceptors (Lipinski definition) is 3. The molecule has 2 aliphatic rings. The van der Waals surface area contributed by atoms with Crippen LogP contribution in [0.5, 0.6) is 0 Å². The molecule has 0 aromatic heterocycles. The molecule has 0 aromatic rings. The number of rotatable bonds is 6. The fourth-order valence-electron chi connectivity index (χ4n) is 2.82. The predicted octanol–water partition coefficient (Wildman–Crippen LogP) is 1.33. The van der Waals surface area contributed by atoms with Crippen molar-refractivity contribution in [3.63, 3.8) is 0 Å². The second-order valence-corrected chi connectivity index (χ2v) is 6.05. The van der Waals surface area contributed by atoms with Crippen LogP contribution in [-0.2, 0) is 4.79 Å². The Hall–Kier alpha value is -0.870. The number of amides is 1. The van der Waals surface area contributed by atoms with E-state index in [0.29, 0.717) is 6.54 Å². The Morgan fingerprint density at radius 1 is 1.47 bits per heavy atom. The average molecular weight is 265 g/mol. The van der Waals surface area contributed by atoms with E-state index in [2.05, 4.69) is 29.0 Å². The summed E-state index contributed by atoms with van der Waals surface area (Å²) in [7, 11) is 0. The average Bonchev–Trinajstić information content (AvgIpc) is 2.85. The first kappa shape index (κ1) is 14.5. The Balaban J connectivity index is 1.58. The highest BCUT2D eigenvalue weighted by Crippen LogP contribution is 2.19. The van der Waals surface area contributed by atoms with Crippen molar-refractivity contribution in [2.24, 2.45) is 0 Å². The molecule has 1 atom stereocenters. The summed E-state index contributed by atoms with van der Waals surface area (Å²) in [5.74, 6) is 0.115. The Bertz CT molecular complexity index is 332. The van der Waals surface area contributed by atoms with E-state index in [1.54, 1.807) is 0 Å². The highest BCUT2D eigenvalue weighted by atomic mass is 16.1. The van der Waals surface area contributed by atoms with Crippen LogP contribution in [0, 0.1) is 0 Å². The monoisotopic (exact) mass is 265 g/mol. The van der Waals surface area contributed by atoms with Gasteiger partial charge in [-0.3, -0.25) is 4.79 Å². The Morgan fingerprint density at radius 2 is 2.37 bits per heavy atom. The number of carbonyl (C=O) groups is 1. The topological polar surface area (TPSA) is 53.2 Å². The first-order valence-electron chi connectivity index (χ1n) is 7.58. The van der Waals surface area contributed by atoms with Crippen molar-refractivity contribution in [1.29, 1.82) is 0 Å². The lowest BCUT2D eigenvalue weighted by Crippen LogP contribution is -2.48. The second-order valence-electron chi connectivity index (χ2n) is 6.05. The maximum absolute atomic E-state index is 11.8. The van der Waals surface area contributed by atoms with Gasteiger partial charge in [0.25, 0.3) is 0 Å². The molecule has 1 aliphatic heterocycles. The van der Waals surface area contributed by atoms with Crippen molar-refractivity contribution in [2.45, 2.75) is 51.0 Å². The maximum atomic E-state index is 11.8. The zero-order valence-electron chi connectivity index (χ0n) is 12.1. The van der Waals surface area contributed by atoms with Gasteiger partial charge in [0.15, 0.2) is 0 Å². The van der Waals surface area contributed by atoms with E-state index in [-0.39, 0.29) is 11.4 Å². The molecule has 108 valence electrons. The molecule has 4 nitrogen and oxygen atoms in total. The highest BCUT2D eigenvalue weighted by Gasteiger charge is 2.28. The van der Waals surface area contributed by atoms with Gasteiger partial charge in [0.05, 0.1) is 6.54 Å². The quantitative estimate of drug-likeness (QED) is 0.635. The van der Waals surface area contributed by atoms with Crippen molar-refractivity contribution in [2.75, 3.05) is 26.2 Å². The lowest BCUT2D eigenvalue weighted by molar-refractivity contribution is -0.120. The van der Waals surface area contributed by atoms with Crippen molar-refractivity contribution in [1.82, 2.24) is 16.0 Å². The minimum atomic E-state index is 0.0865. The van der Waals surface area contributed by atoms with Crippen LogP contribution in [0.2, 0.25) is 0 Å². The molecule has 19 heavy (non-hydrogen) atoms. The van der Waals surface area contributed by atoms with Gasteiger partial charge in [0.1, 0.15) is 0 Å². The molecular weight excluding hydrogens is 238 g/mol. The van der Waals surface area contributed by atoms with Crippen molar-refractivity contribution >= 4 is 5.91 Å². The molecule has 1 aliphatic carbocycles. The molecule has 2 rings (SSSR count).